The number of rotatable bonds is 3. The number of nitrogen functional groups attached to an aromatic ring is 1. The van der Waals surface area contributed by atoms with Crippen molar-refractivity contribution in [3.05, 3.63) is 53.3 Å². The average Bonchev–Trinajstić information content (AvgIpc) is 2.32. The Hall–Kier alpha value is -1.48. The maximum Gasteiger partial charge on any atom is 0.0535 e. The summed E-state index contributed by atoms with van der Waals surface area (Å²) >= 11 is 1.79. The summed E-state index contributed by atoms with van der Waals surface area (Å²) in [6.07, 6.45) is 1.84. The van der Waals surface area contributed by atoms with Crippen LogP contribution in [0.1, 0.15) is 16.8 Å². The summed E-state index contributed by atoms with van der Waals surface area (Å²) in [5.74, 6) is 0.886. The lowest BCUT2D eigenvalue weighted by Crippen LogP contribution is -1.92. The van der Waals surface area contributed by atoms with Crippen molar-refractivity contribution in [2.24, 2.45) is 0 Å². The molecule has 1 aromatic heterocycles. The minimum Gasteiger partial charge on any atom is -0.399 e. The van der Waals surface area contributed by atoms with E-state index in [1.165, 1.54) is 16.0 Å². The van der Waals surface area contributed by atoms with Crippen molar-refractivity contribution in [2.45, 2.75) is 24.5 Å². The van der Waals surface area contributed by atoms with Crippen molar-refractivity contribution in [2.75, 3.05) is 5.73 Å². The maximum absolute atomic E-state index is 5.80. The largest absolute Gasteiger partial charge is 0.399 e. The minimum absolute atomic E-state index is 0.816. The number of aromatic nitrogens is 1. The highest BCUT2D eigenvalue weighted by molar-refractivity contribution is 7.98. The van der Waals surface area contributed by atoms with E-state index in [-0.39, 0.29) is 0 Å². The third-order valence-corrected chi connectivity index (χ3v) is 3.86. The normalized spacial score (nSPS) is 10.5. The molecule has 0 saturated heterocycles. The van der Waals surface area contributed by atoms with Gasteiger partial charge in [-0.2, -0.15) is 0 Å². The molecule has 0 aliphatic carbocycles. The summed E-state index contributed by atoms with van der Waals surface area (Å²) < 4.78 is 0. The van der Waals surface area contributed by atoms with E-state index in [0.29, 0.717) is 0 Å². The van der Waals surface area contributed by atoms with E-state index in [4.69, 9.17) is 5.73 Å². The highest BCUT2D eigenvalue weighted by atomic mass is 32.2. The molecule has 2 rings (SSSR count). The number of hydrogen-bond donors (Lipinski definition) is 1. The quantitative estimate of drug-likeness (QED) is 0.662. The summed E-state index contributed by atoms with van der Waals surface area (Å²) in [5, 5.41) is 0. The van der Waals surface area contributed by atoms with Gasteiger partial charge in [-0.15, -0.1) is 11.8 Å². The number of benzene rings is 1. The van der Waals surface area contributed by atoms with E-state index in [9.17, 15) is 0 Å². The summed E-state index contributed by atoms with van der Waals surface area (Å²) in [4.78, 5) is 5.62. The van der Waals surface area contributed by atoms with Gasteiger partial charge in [-0.05, 0) is 43.2 Å². The molecule has 0 atom stereocenters. The summed E-state index contributed by atoms with van der Waals surface area (Å²) in [7, 11) is 0. The second kappa shape index (κ2) is 5.23. The van der Waals surface area contributed by atoms with Gasteiger partial charge in [-0.25, -0.2) is 0 Å². The first-order valence-electron chi connectivity index (χ1n) is 5.56. The van der Waals surface area contributed by atoms with Crippen molar-refractivity contribution >= 4 is 17.4 Å². The monoisotopic (exact) mass is 244 g/mol. The van der Waals surface area contributed by atoms with E-state index < -0.39 is 0 Å². The predicted molar refractivity (Wildman–Crippen MR) is 74.1 cm³/mol. The number of nitrogens with zero attached hydrogens (tertiary/aromatic N) is 1. The zero-order valence-electron chi connectivity index (χ0n) is 10.1. The van der Waals surface area contributed by atoms with Crippen LogP contribution in [-0.2, 0) is 5.75 Å². The SMILES string of the molecule is Cc1ccc(N)cc1SCc1ncccc1C. The average molecular weight is 244 g/mol. The van der Waals surface area contributed by atoms with Crippen molar-refractivity contribution in [1.29, 1.82) is 0 Å². The Morgan fingerprint density at radius 3 is 2.76 bits per heavy atom. The number of pyridine rings is 1. The molecule has 0 amide bonds. The summed E-state index contributed by atoms with van der Waals surface area (Å²) in [6.45, 7) is 4.20. The predicted octanol–water partition coefficient (Wildman–Crippen LogP) is 3.57. The zero-order chi connectivity index (χ0) is 12.3. The van der Waals surface area contributed by atoms with Crippen LogP contribution in [0.3, 0.4) is 0 Å². The molecular formula is C14H16N2S. The first kappa shape index (κ1) is 12.0. The molecular weight excluding hydrogens is 228 g/mol. The fourth-order valence-corrected chi connectivity index (χ4v) is 2.70. The molecule has 17 heavy (non-hydrogen) atoms. The zero-order valence-corrected chi connectivity index (χ0v) is 10.9. The molecule has 1 heterocycles. The van der Waals surface area contributed by atoms with Crippen molar-refractivity contribution < 1.29 is 0 Å². The van der Waals surface area contributed by atoms with Gasteiger partial charge in [0.2, 0.25) is 0 Å². The number of hydrogen-bond acceptors (Lipinski definition) is 3. The Morgan fingerprint density at radius 1 is 1.18 bits per heavy atom. The Bertz CT molecular complexity index is 523. The van der Waals surface area contributed by atoms with Gasteiger partial charge in [0.05, 0.1) is 5.69 Å². The number of aryl methyl sites for hydroxylation is 2. The highest BCUT2D eigenvalue weighted by Gasteiger charge is 2.03. The Morgan fingerprint density at radius 2 is 2.00 bits per heavy atom. The van der Waals surface area contributed by atoms with Crippen LogP contribution in [-0.4, -0.2) is 4.98 Å². The van der Waals surface area contributed by atoms with Crippen LogP contribution in [0.5, 0.6) is 0 Å². The fourth-order valence-electron chi connectivity index (χ4n) is 1.59. The van der Waals surface area contributed by atoms with Gasteiger partial charge in [0.1, 0.15) is 0 Å². The van der Waals surface area contributed by atoms with Crippen LogP contribution in [0.25, 0.3) is 0 Å². The van der Waals surface area contributed by atoms with Gasteiger partial charge in [0.25, 0.3) is 0 Å². The molecule has 0 saturated carbocycles. The Labute approximate surface area is 106 Å². The van der Waals surface area contributed by atoms with Crippen molar-refractivity contribution in [3.63, 3.8) is 0 Å². The van der Waals surface area contributed by atoms with Crippen LogP contribution in [0, 0.1) is 13.8 Å². The van der Waals surface area contributed by atoms with E-state index in [2.05, 4.69) is 31.0 Å². The lowest BCUT2D eigenvalue weighted by Gasteiger charge is -2.07. The molecule has 2 N–H and O–H groups in total. The van der Waals surface area contributed by atoms with E-state index in [1.54, 1.807) is 11.8 Å². The van der Waals surface area contributed by atoms with Crippen molar-refractivity contribution in [1.82, 2.24) is 4.98 Å². The lowest BCUT2D eigenvalue weighted by atomic mass is 10.2. The molecule has 0 radical (unpaired) electrons. The topological polar surface area (TPSA) is 38.9 Å². The molecule has 0 spiro atoms. The molecule has 2 aromatic rings. The van der Waals surface area contributed by atoms with Gasteiger partial charge in [0.15, 0.2) is 0 Å². The van der Waals surface area contributed by atoms with E-state index >= 15 is 0 Å². The van der Waals surface area contributed by atoms with Gasteiger partial charge < -0.3 is 5.73 Å². The van der Waals surface area contributed by atoms with Crippen LogP contribution in [0.4, 0.5) is 5.69 Å². The minimum atomic E-state index is 0.816. The molecule has 3 heteroatoms. The molecule has 1 aromatic carbocycles. The third-order valence-electron chi connectivity index (χ3n) is 2.69. The van der Waals surface area contributed by atoms with Gasteiger partial charge in [-0.1, -0.05) is 12.1 Å². The van der Waals surface area contributed by atoms with Gasteiger partial charge in [-0.3, -0.25) is 4.98 Å². The number of thioether (sulfide) groups is 1. The molecule has 0 fully saturated rings. The van der Waals surface area contributed by atoms with Crippen LogP contribution in [0.15, 0.2) is 41.4 Å². The van der Waals surface area contributed by atoms with Crippen molar-refractivity contribution in [3.8, 4) is 0 Å². The smallest absolute Gasteiger partial charge is 0.0535 e. The first-order chi connectivity index (χ1) is 8.16. The second-order valence-corrected chi connectivity index (χ2v) is 5.10. The summed E-state index contributed by atoms with van der Waals surface area (Å²) in [6, 6.07) is 10.1. The Balaban J connectivity index is 2.12. The lowest BCUT2D eigenvalue weighted by molar-refractivity contribution is 1.12. The van der Waals surface area contributed by atoms with E-state index in [1.807, 2.05) is 24.4 Å². The van der Waals surface area contributed by atoms with E-state index in [0.717, 1.165) is 17.1 Å². The second-order valence-electron chi connectivity index (χ2n) is 4.08. The maximum atomic E-state index is 5.80. The molecule has 0 unspecified atom stereocenters. The number of nitrogens with two attached hydrogens (primary N) is 1. The Kier molecular flexibility index (Phi) is 3.69. The highest BCUT2D eigenvalue weighted by Crippen LogP contribution is 2.27. The van der Waals surface area contributed by atoms with Gasteiger partial charge >= 0.3 is 0 Å². The fraction of sp³-hybridized carbons (Fsp3) is 0.214. The third kappa shape index (κ3) is 3.01. The van der Waals surface area contributed by atoms with Crippen LogP contribution in [0.2, 0.25) is 0 Å². The molecule has 0 bridgehead atoms. The van der Waals surface area contributed by atoms with Crippen LogP contribution >= 0.6 is 11.8 Å². The number of anilines is 1. The molecule has 2 nitrogen and oxygen atoms in total. The first-order valence-corrected chi connectivity index (χ1v) is 6.55. The molecule has 0 aliphatic rings. The molecule has 0 aliphatic heterocycles. The van der Waals surface area contributed by atoms with Crippen LogP contribution < -0.4 is 5.73 Å². The summed E-state index contributed by atoms with van der Waals surface area (Å²) in [5.41, 5.74) is 10.3. The standard InChI is InChI=1S/C14H16N2S/c1-10-4-3-7-16-13(10)9-17-14-8-12(15)6-5-11(14)2/h3-8H,9,15H2,1-2H3. The molecule has 88 valence electrons. The van der Waals surface area contributed by atoms with Gasteiger partial charge in [0, 0.05) is 22.5 Å².